The van der Waals surface area contributed by atoms with Crippen LogP contribution in [0.1, 0.15) is 37.8 Å². The number of nitrogens with zero attached hydrogens (tertiary/aromatic N) is 6. The van der Waals surface area contributed by atoms with Crippen molar-refractivity contribution in [3.8, 4) is 0 Å². The van der Waals surface area contributed by atoms with E-state index in [0.717, 1.165) is 40.4 Å². The van der Waals surface area contributed by atoms with E-state index in [4.69, 9.17) is 9.47 Å². The number of hydrazine groups is 1. The van der Waals surface area contributed by atoms with Gasteiger partial charge in [-0.05, 0) is 70.2 Å². The van der Waals surface area contributed by atoms with Crippen molar-refractivity contribution >= 4 is 45.8 Å². The number of dihydropyridines is 1. The Morgan fingerprint density at radius 3 is 2.09 bits per heavy atom. The Morgan fingerprint density at radius 2 is 1.43 bits per heavy atom. The predicted molar refractivity (Wildman–Crippen MR) is 215 cm³/mol. The van der Waals surface area contributed by atoms with Gasteiger partial charge >= 0.3 is 24.0 Å². The topological polar surface area (TPSA) is 134 Å². The molecule has 2 N–H and O–H groups in total. The van der Waals surface area contributed by atoms with Crippen molar-refractivity contribution in [2.45, 2.75) is 45.6 Å². The summed E-state index contributed by atoms with van der Waals surface area (Å²) in [6.07, 6.45) is 16.4. The van der Waals surface area contributed by atoms with E-state index in [9.17, 15) is 19.2 Å². The molecule has 2 amide bonds. The highest BCUT2D eigenvalue weighted by atomic mass is 16.6. The first-order chi connectivity index (χ1) is 27.0. The number of carbonyl (C=O) groups is 4. The summed E-state index contributed by atoms with van der Waals surface area (Å²) in [6, 6.07) is 14.7. The molecular formula is C42H50N8O6. The third-order valence-electron chi connectivity index (χ3n) is 9.77. The minimum atomic E-state index is -0.526. The molecule has 6 rings (SSSR count). The second kappa shape index (κ2) is 18.0. The smallest absolute Gasteiger partial charge is 0.346 e. The van der Waals surface area contributed by atoms with Gasteiger partial charge in [0.25, 0.3) is 0 Å². The van der Waals surface area contributed by atoms with Crippen molar-refractivity contribution in [2.24, 2.45) is 0 Å². The van der Waals surface area contributed by atoms with Crippen LogP contribution in [0.4, 0.5) is 9.59 Å². The van der Waals surface area contributed by atoms with Crippen molar-refractivity contribution in [2.75, 3.05) is 47.7 Å². The number of para-hydroxylation sites is 2. The van der Waals surface area contributed by atoms with Gasteiger partial charge in [0, 0.05) is 80.8 Å². The lowest BCUT2D eigenvalue weighted by Gasteiger charge is -2.31. The fraction of sp³-hybridized carbons (Fsp3) is 0.333. The lowest BCUT2D eigenvalue weighted by molar-refractivity contribution is -0.148. The number of likely N-dealkylation sites (N-methyl/N-ethyl adjacent to an activating group) is 2. The first kappa shape index (κ1) is 39.6. The van der Waals surface area contributed by atoms with E-state index < -0.39 is 18.0 Å². The highest BCUT2D eigenvalue weighted by Gasteiger charge is 2.26. The molecule has 0 aliphatic carbocycles. The molecule has 2 aromatic carbocycles. The normalized spacial score (nSPS) is 14.0. The number of fused-ring (bicyclic) bond motifs is 2. The number of benzene rings is 2. The fourth-order valence-corrected chi connectivity index (χ4v) is 6.59. The minimum absolute atomic E-state index is 0.192. The van der Waals surface area contributed by atoms with Crippen LogP contribution in [0, 0.1) is 0 Å². The zero-order valence-corrected chi connectivity index (χ0v) is 32.6. The van der Waals surface area contributed by atoms with Gasteiger partial charge in [-0.25, -0.2) is 29.2 Å². The number of esters is 2. The van der Waals surface area contributed by atoms with Crippen LogP contribution >= 0.6 is 0 Å². The zero-order chi connectivity index (χ0) is 39.8. The zero-order valence-electron chi connectivity index (χ0n) is 32.6. The molecule has 0 bridgehead atoms. The van der Waals surface area contributed by atoms with E-state index >= 15 is 0 Å². The number of carbonyl (C=O) groups excluding carboxylic acids is 4. The summed E-state index contributed by atoms with van der Waals surface area (Å²) < 4.78 is 14.2. The van der Waals surface area contributed by atoms with Gasteiger partial charge in [-0.2, -0.15) is 0 Å². The molecule has 14 heteroatoms. The minimum Gasteiger partial charge on any atom is -0.441 e. The number of hydrogen-bond donors (Lipinski definition) is 2. The van der Waals surface area contributed by atoms with E-state index in [1.165, 1.54) is 9.58 Å². The first-order valence-corrected chi connectivity index (χ1v) is 18.7. The van der Waals surface area contributed by atoms with Crippen LogP contribution in [0.3, 0.4) is 0 Å². The molecule has 56 heavy (non-hydrogen) atoms. The molecule has 2 aliphatic rings. The fourth-order valence-electron chi connectivity index (χ4n) is 6.59. The lowest BCUT2D eigenvalue weighted by Crippen LogP contribution is -2.48. The third-order valence-corrected chi connectivity index (χ3v) is 9.77. The molecule has 0 saturated carbocycles. The van der Waals surface area contributed by atoms with Gasteiger partial charge in [0.05, 0.1) is 22.2 Å². The number of allylic oxidation sites excluding steroid dienone is 2. The Bertz CT molecular complexity index is 2210. The molecule has 4 aromatic rings. The summed E-state index contributed by atoms with van der Waals surface area (Å²) >= 11 is 0. The molecule has 14 nitrogen and oxygen atoms in total. The van der Waals surface area contributed by atoms with Gasteiger partial charge in [0.1, 0.15) is 0 Å². The van der Waals surface area contributed by atoms with E-state index in [0.29, 0.717) is 42.5 Å². The molecule has 0 atom stereocenters. The molecule has 2 aliphatic heterocycles. The third kappa shape index (κ3) is 9.21. The molecule has 0 saturated heterocycles. The van der Waals surface area contributed by atoms with Crippen molar-refractivity contribution < 1.29 is 28.7 Å². The molecule has 4 heterocycles. The van der Waals surface area contributed by atoms with Gasteiger partial charge in [-0.1, -0.05) is 48.6 Å². The number of amides is 2. The Kier molecular flexibility index (Phi) is 12.7. The Labute approximate surface area is 326 Å². The highest BCUT2D eigenvalue weighted by Crippen LogP contribution is 2.25. The van der Waals surface area contributed by atoms with Crippen molar-refractivity contribution in [3.05, 3.63) is 120 Å². The second-order valence-corrected chi connectivity index (χ2v) is 14.3. The maximum Gasteiger partial charge on any atom is 0.346 e. The molecule has 0 spiro atoms. The van der Waals surface area contributed by atoms with Crippen LogP contribution in [0.15, 0.2) is 109 Å². The standard InChI is InChI=1S/C42H50N8O6/c1-30(2)47-21-11-13-34(25-47)40(52)55-28-44-41(53)48-26-33(35-14-6-8-16-37(35)48)19-23-46(5)50(29-56-39(51)31-12-10-20-43-24-31)42(54)49-27-32(18-22-45(3)4)36-15-7-9-17-38(36)49/h6-11,14-17,20-21,24-27,30,43H,12-13,18-19,22-23,28-29H2,1-5H3,(H,44,53). The largest absolute Gasteiger partial charge is 0.441 e. The van der Waals surface area contributed by atoms with Gasteiger partial charge in [0.2, 0.25) is 0 Å². The predicted octanol–water partition coefficient (Wildman–Crippen LogP) is 5.52. The van der Waals surface area contributed by atoms with E-state index in [2.05, 4.69) is 15.5 Å². The number of hydrogen-bond acceptors (Lipinski definition) is 10. The molecule has 0 fully saturated rings. The summed E-state index contributed by atoms with van der Waals surface area (Å²) in [5.74, 6) is -1.02. The molecular weight excluding hydrogens is 713 g/mol. The van der Waals surface area contributed by atoms with Gasteiger partial charge < -0.3 is 29.9 Å². The monoisotopic (exact) mass is 762 g/mol. The van der Waals surface area contributed by atoms with E-state index in [1.807, 2.05) is 106 Å². The maximum absolute atomic E-state index is 14.5. The van der Waals surface area contributed by atoms with Crippen LogP contribution < -0.4 is 10.6 Å². The lowest BCUT2D eigenvalue weighted by atomic mass is 10.1. The molecule has 0 unspecified atom stereocenters. The van der Waals surface area contributed by atoms with Crippen molar-refractivity contribution in [1.29, 1.82) is 0 Å². The van der Waals surface area contributed by atoms with Crippen LogP contribution in [0.2, 0.25) is 0 Å². The van der Waals surface area contributed by atoms with Crippen LogP contribution in [-0.2, 0) is 31.9 Å². The van der Waals surface area contributed by atoms with Crippen LogP contribution in [0.5, 0.6) is 0 Å². The summed E-state index contributed by atoms with van der Waals surface area (Å²) in [5, 5.41) is 10.6. The SMILES string of the molecule is CC(C)N1C=CCC(C(=O)OCNC(=O)n2cc(CCN(C)N(COC(=O)C3=CNC=CC3)C(=O)n3cc(CCN(C)C)c4ccccc43)c3ccccc32)=C1. The average molecular weight is 763 g/mol. The molecule has 2 aromatic heterocycles. The summed E-state index contributed by atoms with van der Waals surface area (Å²) in [4.78, 5) is 57.7. The number of nitrogens with one attached hydrogen (secondary N) is 2. The Hall–Kier alpha value is -6.12. The Balaban J connectivity index is 1.18. The first-order valence-electron chi connectivity index (χ1n) is 18.7. The van der Waals surface area contributed by atoms with Gasteiger partial charge in [-0.3, -0.25) is 9.13 Å². The maximum atomic E-state index is 14.5. The average Bonchev–Trinajstić information content (AvgIpc) is 3.78. The number of aromatic nitrogens is 2. The van der Waals surface area contributed by atoms with Gasteiger partial charge in [-0.15, -0.1) is 0 Å². The van der Waals surface area contributed by atoms with Gasteiger partial charge in [0.15, 0.2) is 13.5 Å². The Morgan fingerprint density at radius 1 is 0.804 bits per heavy atom. The number of ether oxygens (including phenoxy) is 2. The second-order valence-electron chi connectivity index (χ2n) is 14.3. The van der Waals surface area contributed by atoms with Crippen molar-refractivity contribution in [1.82, 2.24) is 39.6 Å². The quantitative estimate of drug-likeness (QED) is 0.0962. The summed E-state index contributed by atoms with van der Waals surface area (Å²) in [5.41, 5.74) is 4.28. The summed E-state index contributed by atoms with van der Waals surface area (Å²) in [7, 11) is 5.79. The van der Waals surface area contributed by atoms with Crippen LogP contribution in [0.25, 0.3) is 21.8 Å². The molecule has 0 radical (unpaired) electrons. The van der Waals surface area contributed by atoms with E-state index in [-0.39, 0.29) is 25.5 Å². The van der Waals surface area contributed by atoms with Crippen LogP contribution in [-0.4, -0.2) is 107 Å². The summed E-state index contributed by atoms with van der Waals surface area (Å²) in [6.45, 7) is 4.58. The van der Waals surface area contributed by atoms with Crippen molar-refractivity contribution in [3.63, 3.8) is 0 Å². The number of rotatable bonds is 14. The molecule has 294 valence electrons. The highest BCUT2D eigenvalue weighted by molar-refractivity contribution is 5.95. The van der Waals surface area contributed by atoms with E-state index in [1.54, 1.807) is 41.4 Å².